The second kappa shape index (κ2) is 6.98. The number of amides is 2. The minimum atomic E-state index is -3.26. The molecule has 0 radical (unpaired) electrons. The van der Waals surface area contributed by atoms with E-state index < -0.39 is 36.0 Å². The zero-order valence-electron chi connectivity index (χ0n) is 15.5. The Kier molecular flexibility index (Phi) is 4.60. The first-order valence-electron chi connectivity index (χ1n) is 9.03. The maximum absolute atomic E-state index is 14.8. The molecule has 0 unspecified atom stereocenters. The molecule has 1 aliphatic heterocycles. The van der Waals surface area contributed by atoms with Crippen LogP contribution in [0.3, 0.4) is 0 Å². The van der Waals surface area contributed by atoms with Gasteiger partial charge in [-0.05, 0) is 37.6 Å². The Morgan fingerprint density at radius 3 is 2.83 bits per heavy atom. The molecule has 2 aliphatic rings. The Bertz CT molecular complexity index is 1040. The maximum atomic E-state index is 14.8. The van der Waals surface area contributed by atoms with Gasteiger partial charge < -0.3 is 10.2 Å². The number of carbonyl (C=O) groups excluding carboxylic acids is 2. The Hall–Kier alpha value is -3.23. The molecule has 0 bridgehead atoms. The summed E-state index contributed by atoms with van der Waals surface area (Å²) in [7, 11) is 0. The first-order chi connectivity index (χ1) is 13.7. The molecule has 6 nitrogen and oxygen atoms in total. The van der Waals surface area contributed by atoms with Crippen molar-refractivity contribution in [2.75, 3.05) is 11.4 Å². The van der Waals surface area contributed by atoms with E-state index in [2.05, 4.69) is 15.3 Å². The number of nitrogens with zero attached hydrogens (tertiary/aromatic N) is 3. The Morgan fingerprint density at radius 2 is 2.10 bits per heavy atom. The molecule has 2 amide bonds. The number of anilines is 1. The van der Waals surface area contributed by atoms with E-state index in [1.54, 1.807) is 6.92 Å². The van der Waals surface area contributed by atoms with Gasteiger partial charge in [-0.1, -0.05) is 6.07 Å². The number of halogens is 3. The third kappa shape index (κ3) is 3.59. The zero-order valence-corrected chi connectivity index (χ0v) is 15.5. The van der Waals surface area contributed by atoms with E-state index in [0.717, 1.165) is 11.0 Å². The molecule has 1 N–H and O–H groups in total. The molecular formula is C20H17F3N4O2. The van der Waals surface area contributed by atoms with Gasteiger partial charge in [0.25, 0.3) is 17.7 Å². The van der Waals surface area contributed by atoms with Crippen LogP contribution in [0.4, 0.5) is 18.9 Å². The molecule has 1 aliphatic carbocycles. The third-order valence-corrected chi connectivity index (χ3v) is 5.04. The highest BCUT2D eigenvalue weighted by molar-refractivity contribution is 6.10. The van der Waals surface area contributed by atoms with Crippen LogP contribution in [0.25, 0.3) is 0 Å². The third-order valence-electron chi connectivity index (χ3n) is 5.04. The fourth-order valence-electron chi connectivity index (χ4n) is 3.71. The number of alkyl halides is 2. The average Bonchev–Trinajstić information content (AvgIpc) is 2.99. The molecule has 29 heavy (non-hydrogen) atoms. The monoisotopic (exact) mass is 402 g/mol. The van der Waals surface area contributed by atoms with Crippen LogP contribution < -0.4 is 10.2 Å². The Labute approximate surface area is 164 Å². The first kappa shape index (κ1) is 19.1. The van der Waals surface area contributed by atoms with Crippen molar-refractivity contribution in [3.05, 3.63) is 65.0 Å². The van der Waals surface area contributed by atoms with E-state index in [1.807, 2.05) is 0 Å². The molecule has 0 spiro atoms. The van der Waals surface area contributed by atoms with Crippen molar-refractivity contribution < 1.29 is 22.8 Å². The van der Waals surface area contributed by atoms with Gasteiger partial charge in [0, 0.05) is 35.5 Å². The molecule has 150 valence electrons. The second-order valence-corrected chi connectivity index (χ2v) is 7.10. The number of rotatable bonds is 3. The minimum Gasteiger partial charge on any atom is -0.347 e. The molecule has 0 saturated heterocycles. The van der Waals surface area contributed by atoms with Gasteiger partial charge in [-0.2, -0.15) is 0 Å². The predicted octanol–water partition coefficient (Wildman–Crippen LogP) is 2.80. The van der Waals surface area contributed by atoms with Crippen molar-refractivity contribution in [3.63, 3.8) is 0 Å². The highest BCUT2D eigenvalue weighted by Crippen LogP contribution is 2.43. The van der Waals surface area contributed by atoms with Gasteiger partial charge in [-0.15, -0.1) is 0 Å². The molecular weight excluding hydrogens is 385 g/mol. The van der Waals surface area contributed by atoms with Crippen LogP contribution in [-0.4, -0.2) is 40.3 Å². The normalized spacial score (nSPS) is 20.6. The van der Waals surface area contributed by atoms with Crippen LogP contribution in [0.2, 0.25) is 0 Å². The molecule has 1 atom stereocenters. The molecule has 1 aromatic heterocycles. The van der Waals surface area contributed by atoms with Crippen molar-refractivity contribution >= 4 is 17.5 Å². The Balaban J connectivity index is 1.55. The molecule has 2 aromatic rings. The number of aromatic nitrogens is 2. The largest absolute Gasteiger partial charge is 0.347 e. The summed E-state index contributed by atoms with van der Waals surface area (Å²) in [5.74, 6) is -4.63. The first-order valence-corrected chi connectivity index (χ1v) is 9.03. The van der Waals surface area contributed by atoms with Crippen molar-refractivity contribution in [3.8, 4) is 0 Å². The molecule has 0 fully saturated rings. The number of hydrogen-bond donors (Lipinski definition) is 1. The lowest BCUT2D eigenvalue weighted by Crippen LogP contribution is -2.43. The van der Waals surface area contributed by atoms with Gasteiger partial charge in [0.2, 0.25) is 0 Å². The number of hydrogen-bond acceptors (Lipinski definition) is 4. The van der Waals surface area contributed by atoms with Crippen molar-refractivity contribution in [1.29, 1.82) is 0 Å². The van der Waals surface area contributed by atoms with Crippen LogP contribution in [0.15, 0.2) is 47.7 Å². The van der Waals surface area contributed by atoms with E-state index in [4.69, 9.17) is 0 Å². The lowest BCUT2D eigenvalue weighted by molar-refractivity contribution is -0.114. The number of benzene rings is 1. The molecule has 0 saturated carbocycles. The van der Waals surface area contributed by atoms with Crippen LogP contribution in [-0.2, 0) is 4.79 Å². The smallest absolute Gasteiger partial charge is 0.273 e. The van der Waals surface area contributed by atoms with Gasteiger partial charge in [0.05, 0.1) is 6.54 Å². The second-order valence-electron chi connectivity index (χ2n) is 7.10. The summed E-state index contributed by atoms with van der Waals surface area (Å²) in [5, 5.41) is 2.54. The highest BCUT2D eigenvalue weighted by Gasteiger charge is 2.50. The topological polar surface area (TPSA) is 75.2 Å². The van der Waals surface area contributed by atoms with Gasteiger partial charge in [0.1, 0.15) is 17.3 Å². The van der Waals surface area contributed by atoms with E-state index >= 15 is 0 Å². The van der Waals surface area contributed by atoms with Gasteiger partial charge in [-0.3, -0.25) is 9.59 Å². The van der Waals surface area contributed by atoms with E-state index in [9.17, 15) is 22.8 Å². The maximum Gasteiger partial charge on any atom is 0.273 e. The summed E-state index contributed by atoms with van der Waals surface area (Å²) in [6, 6.07) is 5.72. The van der Waals surface area contributed by atoms with Crippen molar-refractivity contribution in [2.24, 2.45) is 0 Å². The fourth-order valence-corrected chi connectivity index (χ4v) is 3.71. The van der Waals surface area contributed by atoms with Crippen LogP contribution in [0.5, 0.6) is 0 Å². The Morgan fingerprint density at radius 1 is 1.31 bits per heavy atom. The van der Waals surface area contributed by atoms with Gasteiger partial charge >= 0.3 is 0 Å². The summed E-state index contributed by atoms with van der Waals surface area (Å²) in [5.41, 5.74) is -0.0122. The van der Waals surface area contributed by atoms with Gasteiger partial charge in [-0.25, -0.2) is 23.1 Å². The van der Waals surface area contributed by atoms with Crippen LogP contribution in [0.1, 0.15) is 29.2 Å². The fraction of sp³-hybridized carbons (Fsp3) is 0.300. The number of aryl methyl sites for hydroxylation is 1. The molecule has 9 heteroatoms. The predicted molar refractivity (Wildman–Crippen MR) is 98.0 cm³/mol. The van der Waals surface area contributed by atoms with E-state index in [0.29, 0.717) is 5.82 Å². The van der Waals surface area contributed by atoms with Gasteiger partial charge in [0.15, 0.2) is 0 Å². The van der Waals surface area contributed by atoms with Crippen LogP contribution >= 0.6 is 0 Å². The quantitative estimate of drug-likeness (QED) is 0.857. The van der Waals surface area contributed by atoms with E-state index in [-0.39, 0.29) is 35.5 Å². The molecule has 1 aromatic carbocycles. The standard InChI is InChI=1S/C20H17F3N4O2/c1-11-24-6-5-17(25-11)18(28)26-13-8-15-16(20(22,23)9-13)10-27(19(15)29)14-4-2-3-12(21)7-14/h2-7,13H,8-10H2,1H3,(H,26,28)/t13-/m0/s1. The van der Waals surface area contributed by atoms with Crippen molar-refractivity contribution in [2.45, 2.75) is 31.7 Å². The SMILES string of the molecule is Cc1nccc(C(=O)N[C@H]2CC3=C(CN(c4cccc(F)c4)C3=O)C(F)(F)C2)n1. The summed E-state index contributed by atoms with van der Waals surface area (Å²) in [6.45, 7) is 1.32. The zero-order chi connectivity index (χ0) is 20.8. The lowest BCUT2D eigenvalue weighted by atomic mass is 9.86. The molecule has 4 rings (SSSR count). The minimum absolute atomic E-state index is 0.0224. The molecule has 2 heterocycles. The average molecular weight is 402 g/mol. The van der Waals surface area contributed by atoms with E-state index in [1.165, 1.54) is 30.5 Å². The van der Waals surface area contributed by atoms with Crippen molar-refractivity contribution in [1.82, 2.24) is 15.3 Å². The summed E-state index contributed by atoms with van der Waals surface area (Å²) in [6.07, 6.45) is 0.766. The summed E-state index contributed by atoms with van der Waals surface area (Å²) >= 11 is 0. The van der Waals surface area contributed by atoms with Crippen LogP contribution in [0, 0.1) is 12.7 Å². The summed E-state index contributed by atoms with van der Waals surface area (Å²) in [4.78, 5) is 34.2. The number of nitrogens with one attached hydrogen (secondary N) is 1. The summed E-state index contributed by atoms with van der Waals surface area (Å²) < 4.78 is 43.1. The highest BCUT2D eigenvalue weighted by atomic mass is 19.3. The lowest BCUT2D eigenvalue weighted by Gasteiger charge is -2.30. The number of carbonyl (C=O) groups is 2.